The van der Waals surface area contributed by atoms with Gasteiger partial charge in [0.15, 0.2) is 0 Å². The van der Waals surface area contributed by atoms with E-state index in [1.807, 2.05) is 222 Å². The Morgan fingerprint density at radius 2 is 0.291 bits per heavy atom. The van der Waals surface area contributed by atoms with E-state index in [1.165, 1.54) is 233 Å². The average molecular weight is 1950 g/mol. The molecule has 766 valence electrons. The Balaban J connectivity index is 0.000000220. The van der Waals surface area contributed by atoms with Crippen molar-refractivity contribution in [2.45, 2.75) is 271 Å². The summed E-state index contributed by atoms with van der Waals surface area (Å²) >= 11 is 0. The van der Waals surface area contributed by atoms with Gasteiger partial charge in [-0.25, -0.2) is 0 Å². The molecule has 0 bridgehead atoms. The van der Waals surface area contributed by atoms with Gasteiger partial charge >= 0.3 is 0 Å². The Morgan fingerprint density at radius 3 is 0.574 bits per heavy atom. The van der Waals surface area contributed by atoms with Crippen molar-refractivity contribution in [1.29, 1.82) is 0 Å². The first-order chi connectivity index (χ1) is 73.2. The molecular weight excluding hydrogens is 1780 g/mol. The fraction of sp³-hybridized carbons (Fsp3) is 0.270. The van der Waals surface area contributed by atoms with Crippen LogP contribution in [0.15, 0.2) is 400 Å². The second-order valence-electron chi connectivity index (χ2n) is 33.1. The SMILES string of the molecule is CC.CC.CC.CC.CC.CC.CC.CC.CC.CC.CC.CC.CC.CC.CC.CC.Cc1ccc2c(c1)-c1ccccc1C21c2ccccc2-c2c1ccc1ccccc21.Cc1ccc2c(c1)C1(c3ccccc3-2)c2ccccc2-c2c1ccc1ccccc21.Cc1cccc2c1-c1ccccc1C21c2ccccc2-c2c1ccc1ccccc21.Cc1cccc2c1-c1ccccc1C21c2ccccc2-c2ccccc21. The average Bonchev–Trinajstić information content (AvgIpc) is 1.52. The van der Waals surface area contributed by atoms with Gasteiger partial charge in [0.2, 0.25) is 0 Å². The molecule has 0 aromatic heterocycles. The molecule has 4 spiro atoms. The number of aryl methyl sites for hydroxylation is 4. The molecule has 0 N–H and O–H groups in total. The number of benzene rings is 19. The quantitative estimate of drug-likeness (QED) is 0.142. The third kappa shape index (κ3) is 19.7. The van der Waals surface area contributed by atoms with Crippen molar-refractivity contribution >= 4 is 32.3 Å². The van der Waals surface area contributed by atoms with E-state index in [9.17, 15) is 0 Å². The highest BCUT2D eigenvalue weighted by Gasteiger charge is 2.57. The Morgan fingerprint density at radius 1 is 0.115 bits per heavy atom. The minimum Gasteiger partial charge on any atom is -0.0683 e. The Labute approximate surface area is 897 Å². The zero-order valence-corrected chi connectivity index (χ0v) is 97.1. The van der Waals surface area contributed by atoms with Crippen molar-refractivity contribution < 1.29 is 0 Å². The fourth-order valence-corrected chi connectivity index (χ4v) is 23.5. The van der Waals surface area contributed by atoms with Crippen LogP contribution in [0.2, 0.25) is 0 Å². The molecule has 0 saturated heterocycles. The standard InChI is InChI=1S/3C30H20.C26H18.16C2H6/c1-19-9-8-16-26-28(19)22-12-4-6-14-24(22)30(26)25-15-7-5-13-23(25)29-21-11-3-2-10-20(21)17-18-27(29)30;1-19-14-16-23-22-10-4-6-12-25(22)30(28(23)18-19)26-13-7-5-11-24(26)29-21-9-3-2-8-20(21)15-17-27(29)30;1-19-14-16-27-24(18-19)22-10-4-6-12-25(22)30(27)26-13-7-5-11-23(26)29-21-9-3-2-8-20(21)15-17-28(29)30;1-17-9-8-16-24-25(17)20-12-4-7-15-23(20)26(24)21-13-5-2-10-18(21)19-11-3-6-14-22(19)26;16*1-2/h3*2-18H,1H3;2-16H,1H3;16*1-2H3. The Hall–Kier alpha value is -14.0. The molecule has 19 aromatic rings. The number of hydrogen-bond donors (Lipinski definition) is 0. The van der Waals surface area contributed by atoms with Crippen molar-refractivity contribution in [2.75, 3.05) is 0 Å². The zero-order valence-electron chi connectivity index (χ0n) is 97.1. The summed E-state index contributed by atoms with van der Waals surface area (Å²) in [6.45, 7) is 72.9. The van der Waals surface area contributed by atoms with Crippen molar-refractivity contribution in [3.63, 3.8) is 0 Å². The van der Waals surface area contributed by atoms with Gasteiger partial charge in [0.05, 0.1) is 21.7 Å². The molecule has 8 aliphatic carbocycles. The lowest BCUT2D eigenvalue weighted by atomic mass is 9.70. The van der Waals surface area contributed by atoms with Gasteiger partial charge in [-0.1, -0.05) is 633 Å². The molecule has 8 aliphatic rings. The smallest absolute Gasteiger partial charge is 0.0683 e. The van der Waals surface area contributed by atoms with Crippen LogP contribution in [-0.4, -0.2) is 0 Å². The van der Waals surface area contributed by atoms with E-state index >= 15 is 0 Å². The molecular formula is C148H174. The largest absolute Gasteiger partial charge is 0.0725 e. The minimum absolute atomic E-state index is 0.189. The molecule has 3 unspecified atom stereocenters. The van der Waals surface area contributed by atoms with Crippen LogP contribution in [0.1, 0.15) is 333 Å². The van der Waals surface area contributed by atoms with Gasteiger partial charge in [0.1, 0.15) is 0 Å². The highest BCUT2D eigenvalue weighted by Crippen LogP contribution is 2.69. The maximum absolute atomic E-state index is 2.41. The lowest BCUT2D eigenvalue weighted by Crippen LogP contribution is -2.25. The summed E-state index contributed by atoms with van der Waals surface area (Å²) in [4.78, 5) is 0. The summed E-state index contributed by atoms with van der Waals surface area (Å²) < 4.78 is 0. The molecule has 0 aliphatic heterocycles. The van der Waals surface area contributed by atoms with Gasteiger partial charge in [0, 0.05) is 0 Å². The first-order valence-corrected chi connectivity index (χ1v) is 57.1. The lowest BCUT2D eigenvalue weighted by Gasteiger charge is -2.30. The van der Waals surface area contributed by atoms with E-state index in [-0.39, 0.29) is 21.7 Å². The maximum atomic E-state index is 2.41. The van der Waals surface area contributed by atoms with Gasteiger partial charge in [-0.2, -0.15) is 0 Å². The maximum Gasteiger partial charge on any atom is 0.0725 e. The van der Waals surface area contributed by atoms with Crippen LogP contribution in [0.4, 0.5) is 0 Å². The van der Waals surface area contributed by atoms with Crippen molar-refractivity contribution in [2.24, 2.45) is 0 Å². The molecule has 0 nitrogen and oxygen atoms in total. The highest BCUT2D eigenvalue weighted by molar-refractivity contribution is 6.10. The van der Waals surface area contributed by atoms with Crippen molar-refractivity contribution in [3.8, 4) is 89.0 Å². The molecule has 0 saturated carbocycles. The molecule has 0 heteroatoms. The lowest BCUT2D eigenvalue weighted by molar-refractivity contribution is 0.793. The van der Waals surface area contributed by atoms with Gasteiger partial charge < -0.3 is 0 Å². The van der Waals surface area contributed by atoms with Crippen LogP contribution < -0.4 is 0 Å². The molecule has 19 aromatic carbocycles. The van der Waals surface area contributed by atoms with Gasteiger partial charge in [0.25, 0.3) is 0 Å². The van der Waals surface area contributed by atoms with Crippen molar-refractivity contribution in [3.05, 3.63) is 512 Å². The molecule has 0 heterocycles. The predicted octanol–water partition coefficient (Wildman–Crippen LogP) is 45.2. The van der Waals surface area contributed by atoms with E-state index in [2.05, 4.69) is 428 Å². The second kappa shape index (κ2) is 56.8. The van der Waals surface area contributed by atoms with E-state index < -0.39 is 0 Å². The Bertz CT molecular complexity index is 7300. The molecule has 148 heavy (non-hydrogen) atoms. The van der Waals surface area contributed by atoms with Crippen LogP contribution in [0.3, 0.4) is 0 Å². The van der Waals surface area contributed by atoms with E-state index in [4.69, 9.17) is 0 Å². The third-order valence-electron chi connectivity index (χ3n) is 27.7. The van der Waals surface area contributed by atoms with Gasteiger partial charge in [-0.3, -0.25) is 0 Å². The minimum atomic E-state index is -0.242. The number of hydrogen-bond acceptors (Lipinski definition) is 0. The molecule has 27 rings (SSSR count). The third-order valence-corrected chi connectivity index (χ3v) is 27.7. The van der Waals surface area contributed by atoms with E-state index in [0.717, 1.165) is 0 Å². The monoisotopic (exact) mass is 1950 g/mol. The summed E-state index contributed by atoms with van der Waals surface area (Å²) in [5.41, 5.74) is 49.1. The van der Waals surface area contributed by atoms with Crippen molar-refractivity contribution in [1.82, 2.24) is 0 Å². The highest BCUT2D eigenvalue weighted by atomic mass is 14.6. The normalized spacial score (nSPS) is 13.9. The van der Waals surface area contributed by atoms with Gasteiger partial charge in [-0.15, -0.1) is 0 Å². The predicted molar refractivity (Wildman–Crippen MR) is 664 cm³/mol. The van der Waals surface area contributed by atoms with Crippen LogP contribution in [-0.2, 0) is 21.7 Å². The Kier molecular flexibility index (Phi) is 45.7. The van der Waals surface area contributed by atoms with E-state index in [1.54, 1.807) is 0 Å². The van der Waals surface area contributed by atoms with Crippen LogP contribution in [0, 0.1) is 27.7 Å². The van der Waals surface area contributed by atoms with E-state index in [0.29, 0.717) is 0 Å². The summed E-state index contributed by atoms with van der Waals surface area (Å²) in [5, 5.41) is 7.95. The first kappa shape index (κ1) is 119. The van der Waals surface area contributed by atoms with Crippen LogP contribution >= 0.6 is 0 Å². The van der Waals surface area contributed by atoms with Gasteiger partial charge in [-0.05, 0) is 249 Å². The number of rotatable bonds is 0. The first-order valence-electron chi connectivity index (χ1n) is 57.1. The second-order valence-corrected chi connectivity index (χ2v) is 33.1. The number of fused-ring (bicyclic) bond motifs is 46. The van der Waals surface area contributed by atoms with Crippen LogP contribution in [0.25, 0.3) is 121 Å². The molecule has 0 radical (unpaired) electrons. The molecule has 0 fully saturated rings. The zero-order chi connectivity index (χ0) is 109. The topological polar surface area (TPSA) is 0 Å². The molecule has 0 amide bonds. The summed E-state index contributed by atoms with van der Waals surface area (Å²) in [6, 6.07) is 149. The summed E-state index contributed by atoms with van der Waals surface area (Å²) in [6.07, 6.45) is 0. The fourth-order valence-electron chi connectivity index (χ4n) is 23.5. The van der Waals surface area contributed by atoms with Crippen LogP contribution in [0.5, 0.6) is 0 Å². The molecule has 3 atom stereocenters. The summed E-state index contributed by atoms with van der Waals surface area (Å²) in [5.74, 6) is 0. The summed E-state index contributed by atoms with van der Waals surface area (Å²) in [7, 11) is 0.